The molecule has 1 aromatic rings. The third-order valence-electron chi connectivity index (χ3n) is 1.87. The van der Waals surface area contributed by atoms with Crippen molar-refractivity contribution in [3.8, 4) is 0 Å². The second-order valence-corrected chi connectivity index (χ2v) is 4.56. The topological polar surface area (TPSA) is 0 Å². The summed E-state index contributed by atoms with van der Waals surface area (Å²) in [4.78, 5) is 0. The molecule has 0 spiro atoms. The van der Waals surface area contributed by atoms with E-state index < -0.39 is 0 Å². The third kappa shape index (κ3) is 1.41. The van der Waals surface area contributed by atoms with Gasteiger partial charge in [0.25, 0.3) is 0 Å². The predicted molar refractivity (Wildman–Crippen MR) is 44.2 cm³/mol. The molecule has 1 aliphatic carbocycles. The van der Waals surface area contributed by atoms with Gasteiger partial charge in [-0.3, -0.25) is 0 Å². The Kier molecular flexibility index (Phi) is 1.87. The van der Waals surface area contributed by atoms with Gasteiger partial charge in [-0.2, -0.15) is 0 Å². The Morgan fingerprint density at radius 2 is 1.91 bits per heavy atom. The molecule has 0 saturated carbocycles. The molecular weight excluding hydrogens is 304 g/mol. The molecule has 0 amide bonds. The minimum atomic E-state index is 1.15. The van der Waals surface area contributed by atoms with Crippen LogP contribution in [0.15, 0.2) is 30.3 Å². The van der Waals surface area contributed by atoms with Crippen LogP contribution in [0.25, 0.3) is 6.08 Å². The van der Waals surface area contributed by atoms with Gasteiger partial charge in [-0.1, -0.05) is 0 Å². The van der Waals surface area contributed by atoms with Crippen LogP contribution in [0.2, 0.25) is 0 Å². The van der Waals surface area contributed by atoms with Gasteiger partial charge in [0.1, 0.15) is 0 Å². The molecule has 0 saturated heterocycles. The minimum absolute atomic E-state index is 1.15. The summed E-state index contributed by atoms with van der Waals surface area (Å²) >= 11 is 1.59. The summed E-state index contributed by atoms with van der Waals surface area (Å²) in [5.74, 6) is 0. The SMILES string of the molecule is [W]=[C]1C=Cc2ccccc2C1. The van der Waals surface area contributed by atoms with Crippen LogP contribution in [0.1, 0.15) is 11.1 Å². The van der Waals surface area contributed by atoms with Gasteiger partial charge in [-0.05, 0) is 0 Å². The first kappa shape index (κ1) is 7.18. The van der Waals surface area contributed by atoms with E-state index in [2.05, 4.69) is 36.4 Å². The van der Waals surface area contributed by atoms with Crippen LogP contribution in [-0.4, -0.2) is 3.90 Å². The van der Waals surface area contributed by atoms with Crippen molar-refractivity contribution in [2.45, 2.75) is 6.42 Å². The van der Waals surface area contributed by atoms with Crippen LogP contribution in [0.5, 0.6) is 0 Å². The molecule has 0 aromatic heterocycles. The van der Waals surface area contributed by atoms with Gasteiger partial charge in [0, 0.05) is 0 Å². The Morgan fingerprint density at radius 3 is 2.82 bits per heavy atom. The van der Waals surface area contributed by atoms with Crippen molar-refractivity contribution in [1.29, 1.82) is 0 Å². The number of fused-ring (bicyclic) bond motifs is 1. The van der Waals surface area contributed by atoms with Crippen LogP contribution >= 0.6 is 0 Å². The fourth-order valence-corrected chi connectivity index (χ4v) is 2.09. The predicted octanol–water partition coefficient (Wildman–Crippen LogP) is 1.98. The van der Waals surface area contributed by atoms with Crippen LogP contribution in [0.4, 0.5) is 0 Å². The van der Waals surface area contributed by atoms with Crippen molar-refractivity contribution in [1.82, 2.24) is 0 Å². The van der Waals surface area contributed by atoms with E-state index in [1.165, 1.54) is 15.0 Å². The molecule has 2 rings (SSSR count). The summed E-state index contributed by atoms with van der Waals surface area (Å²) in [5, 5.41) is 0. The zero-order valence-corrected chi connectivity index (χ0v) is 9.01. The molecule has 54 valence electrons. The average Bonchev–Trinajstić information content (AvgIpc) is 2.04. The van der Waals surface area contributed by atoms with Gasteiger partial charge < -0.3 is 0 Å². The second-order valence-electron chi connectivity index (χ2n) is 2.68. The van der Waals surface area contributed by atoms with Crippen molar-refractivity contribution >= 4 is 9.97 Å². The zero-order valence-electron chi connectivity index (χ0n) is 6.08. The number of hydrogen-bond acceptors (Lipinski definition) is 0. The molecule has 1 aliphatic rings. The van der Waals surface area contributed by atoms with E-state index >= 15 is 0 Å². The molecule has 0 aliphatic heterocycles. The van der Waals surface area contributed by atoms with Crippen molar-refractivity contribution in [3.63, 3.8) is 0 Å². The first-order chi connectivity index (χ1) is 5.36. The summed E-state index contributed by atoms with van der Waals surface area (Å²) in [6, 6.07) is 8.59. The summed E-state index contributed by atoms with van der Waals surface area (Å²) in [7, 11) is 0. The van der Waals surface area contributed by atoms with Gasteiger partial charge >= 0.3 is 77.2 Å². The van der Waals surface area contributed by atoms with Crippen molar-refractivity contribution in [2.24, 2.45) is 0 Å². The monoisotopic (exact) mass is 312 g/mol. The maximum atomic E-state index is 2.23. The van der Waals surface area contributed by atoms with E-state index in [-0.39, 0.29) is 0 Å². The molecule has 0 atom stereocenters. The van der Waals surface area contributed by atoms with E-state index in [1.54, 1.807) is 19.4 Å². The Hall–Kier alpha value is -0.482. The molecule has 1 heteroatoms. The van der Waals surface area contributed by atoms with Gasteiger partial charge in [-0.25, -0.2) is 0 Å². The molecule has 0 unspecified atom stereocenters. The van der Waals surface area contributed by atoms with E-state index in [4.69, 9.17) is 0 Å². The van der Waals surface area contributed by atoms with E-state index in [1.807, 2.05) is 0 Å². The summed E-state index contributed by atoms with van der Waals surface area (Å²) in [6.07, 6.45) is 5.60. The zero-order chi connectivity index (χ0) is 7.68. The van der Waals surface area contributed by atoms with Crippen molar-refractivity contribution in [3.05, 3.63) is 41.5 Å². The summed E-state index contributed by atoms with van der Waals surface area (Å²) in [6.45, 7) is 0. The fraction of sp³-hybridized carbons (Fsp3) is 0.100. The van der Waals surface area contributed by atoms with Crippen LogP contribution in [-0.2, 0) is 25.8 Å². The van der Waals surface area contributed by atoms with E-state index in [0.717, 1.165) is 6.42 Å². The van der Waals surface area contributed by atoms with E-state index in [9.17, 15) is 0 Å². The van der Waals surface area contributed by atoms with Crippen LogP contribution in [0.3, 0.4) is 0 Å². The molecule has 0 nitrogen and oxygen atoms in total. The third-order valence-corrected chi connectivity index (χ3v) is 2.88. The molecular formula is C10H8W. The van der Waals surface area contributed by atoms with Crippen molar-refractivity contribution < 1.29 is 19.4 Å². The number of allylic oxidation sites excluding steroid dienone is 1. The average molecular weight is 312 g/mol. The number of hydrogen-bond donors (Lipinski definition) is 0. The summed E-state index contributed by atoms with van der Waals surface area (Å²) < 4.78 is 1.53. The van der Waals surface area contributed by atoms with Gasteiger partial charge in [0.2, 0.25) is 0 Å². The molecule has 1 aromatic carbocycles. The molecule has 0 heterocycles. The molecule has 0 fully saturated rings. The standard InChI is InChI=1S/C10H8.W/c1-2-6-10-8-4-3-7-9(10)5-1;/h1-3,5-7H,8H2;. The Balaban J connectivity index is 2.54. The molecule has 0 radical (unpaired) electrons. The Labute approximate surface area is 77.3 Å². The Morgan fingerprint density at radius 1 is 1.09 bits per heavy atom. The second kappa shape index (κ2) is 2.87. The van der Waals surface area contributed by atoms with Crippen molar-refractivity contribution in [2.75, 3.05) is 0 Å². The Bertz CT molecular complexity index is 323. The molecule has 0 bridgehead atoms. The fourth-order valence-electron chi connectivity index (χ4n) is 1.29. The van der Waals surface area contributed by atoms with E-state index in [0.29, 0.717) is 0 Å². The molecule has 0 N–H and O–H groups in total. The number of rotatable bonds is 0. The molecule has 11 heavy (non-hydrogen) atoms. The van der Waals surface area contributed by atoms with Gasteiger partial charge in [0.15, 0.2) is 0 Å². The van der Waals surface area contributed by atoms with Gasteiger partial charge in [-0.15, -0.1) is 0 Å². The normalized spacial score (nSPS) is 14.7. The van der Waals surface area contributed by atoms with Gasteiger partial charge in [0.05, 0.1) is 0 Å². The van der Waals surface area contributed by atoms with Crippen LogP contribution < -0.4 is 0 Å². The maximum absolute atomic E-state index is 2.23. The number of benzene rings is 1. The quantitative estimate of drug-likeness (QED) is 0.687. The van der Waals surface area contributed by atoms with Crippen LogP contribution in [0, 0.1) is 0 Å². The summed E-state index contributed by atoms with van der Waals surface area (Å²) in [5.41, 5.74) is 2.86. The first-order valence-corrected chi connectivity index (χ1v) is 5.12. The first-order valence-electron chi connectivity index (χ1n) is 3.65.